The van der Waals surface area contributed by atoms with E-state index in [0.29, 0.717) is 5.92 Å². The van der Waals surface area contributed by atoms with Gasteiger partial charge in [0.25, 0.3) is 0 Å². The highest BCUT2D eigenvalue weighted by atomic mass is 16.5. The number of hydrogen-bond donors (Lipinski definition) is 0. The zero-order valence-electron chi connectivity index (χ0n) is 9.49. The molecule has 0 bridgehead atoms. The lowest BCUT2D eigenvalue weighted by molar-refractivity contribution is 0.0202. The van der Waals surface area contributed by atoms with Crippen molar-refractivity contribution in [3.63, 3.8) is 0 Å². The first-order chi connectivity index (χ1) is 7.18. The Morgan fingerprint density at radius 2 is 2.00 bits per heavy atom. The summed E-state index contributed by atoms with van der Waals surface area (Å²) in [6.07, 6.45) is 4.02. The lowest BCUT2D eigenvalue weighted by atomic mass is 9.76. The standard InChI is InChI=1S/C14H18O/c1-14(2)12-8-5-7-10(12)11-6-3-4-9-13(11)15-14/h3-4,6,9-10,12H,5,7-8H2,1-2H3/t10-,12+/m1/s1. The minimum absolute atomic E-state index is 0.0233. The van der Waals surface area contributed by atoms with Crippen LogP contribution in [0.2, 0.25) is 0 Å². The molecule has 15 heavy (non-hydrogen) atoms. The fraction of sp³-hybridized carbons (Fsp3) is 0.571. The minimum atomic E-state index is 0.0233. The van der Waals surface area contributed by atoms with E-state index in [1.54, 1.807) is 0 Å². The Balaban J connectivity index is 2.11. The molecule has 1 heteroatoms. The second-order valence-electron chi connectivity index (χ2n) is 5.39. The molecule has 1 aliphatic heterocycles. The van der Waals surface area contributed by atoms with Crippen molar-refractivity contribution in [1.29, 1.82) is 0 Å². The van der Waals surface area contributed by atoms with Crippen molar-refractivity contribution in [2.75, 3.05) is 0 Å². The lowest BCUT2D eigenvalue weighted by Crippen LogP contribution is -2.42. The third-order valence-corrected chi connectivity index (χ3v) is 4.10. The zero-order valence-corrected chi connectivity index (χ0v) is 9.49. The van der Waals surface area contributed by atoms with Crippen LogP contribution in [-0.2, 0) is 0 Å². The van der Waals surface area contributed by atoms with Gasteiger partial charge in [0.2, 0.25) is 0 Å². The SMILES string of the molecule is CC1(C)Oc2ccccc2[C@H]2CCC[C@@H]21. The molecule has 2 atom stereocenters. The van der Waals surface area contributed by atoms with Crippen LogP contribution in [-0.4, -0.2) is 5.60 Å². The molecule has 0 amide bonds. The molecule has 1 saturated carbocycles. The monoisotopic (exact) mass is 202 g/mol. The largest absolute Gasteiger partial charge is 0.487 e. The van der Waals surface area contributed by atoms with Crippen molar-refractivity contribution in [2.24, 2.45) is 5.92 Å². The second kappa shape index (κ2) is 3.01. The predicted molar refractivity (Wildman–Crippen MR) is 61.2 cm³/mol. The molecule has 0 aromatic heterocycles. The van der Waals surface area contributed by atoms with Crippen molar-refractivity contribution < 1.29 is 4.74 Å². The van der Waals surface area contributed by atoms with Crippen LogP contribution in [0.25, 0.3) is 0 Å². The molecule has 0 spiro atoms. The first-order valence-electron chi connectivity index (χ1n) is 5.96. The van der Waals surface area contributed by atoms with Crippen LogP contribution >= 0.6 is 0 Å². The van der Waals surface area contributed by atoms with Gasteiger partial charge < -0.3 is 4.74 Å². The van der Waals surface area contributed by atoms with E-state index in [2.05, 4.69) is 38.1 Å². The Bertz CT molecular complexity index is 381. The number of para-hydroxylation sites is 1. The maximum atomic E-state index is 6.13. The van der Waals surface area contributed by atoms with Gasteiger partial charge in [-0.2, -0.15) is 0 Å². The van der Waals surface area contributed by atoms with Gasteiger partial charge in [-0.1, -0.05) is 24.6 Å². The molecule has 1 fully saturated rings. The van der Waals surface area contributed by atoms with Gasteiger partial charge in [0.05, 0.1) is 0 Å². The number of hydrogen-bond acceptors (Lipinski definition) is 1. The van der Waals surface area contributed by atoms with E-state index in [1.807, 2.05) is 0 Å². The summed E-state index contributed by atoms with van der Waals surface area (Å²) in [5.41, 5.74) is 1.47. The van der Waals surface area contributed by atoms with E-state index in [9.17, 15) is 0 Å². The van der Waals surface area contributed by atoms with Crippen LogP contribution in [0.5, 0.6) is 5.75 Å². The molecule has 0 N–H and O–H groups in total. The summed E-state index contributed by atoms with van der Waals surface area (Å²) < 4.78 is 6.13. The van der Waals surface area contributed by atoms with Gasteiger partial charge in [0, 0.05) is 5.92 Å². The third-order valence-electron chi connectivity index (χ3n) is 4.10. The van der Waals surface area contributed by atoms with E-state index in [1.165, 1.54) is 24.8 Å². The molecule has 0 unspecified atom stereocenters. The Hall–Kier alpha value is -0.980. The molecule has 1 heterocycles. The van der Waals surface area contributed by atoms with Crippen molar-refractivity contribution >= 4 is 0 Å². The Labute approximate surface area is 91.5 Å². The van der Waals surface area contributed by atoms with E-state index >= 15 is 0 Å². The number of ether oxygens (including phenoxy) is 1. The molecule has 0 radical (unpaired) electrons. The van der Waals surface area contributed by atoms with Crippen LogP contribution < -0.4 is 4.74 Å². The first kappa shape index (κ1) is 9.26. The summed E-state index contributed by atoms with van der Waals surface area (Å²) in [5.74, 6) is 2.57. The maximum absolute atomic E-state index is 6.13. The first-order valence-corrected chi connectivity index (χ1v) is 5.96. The smallest absolute Gasteiger partial charge is 0.123 e. The molecule has 1 aromatic carbocycles. The maximum Gasteiger partial charge on any atom is 0.123 e. The summed E-state index contributed by atoms with van der Waals surface area (Å²) in [4.78, 5) is 0. The van der Waals surface area contributed by atoms with Crippen LogP contribution in [0.4, 0.5) is 0 Å². The Morgan fingerprint density at radius 3 is 2.87 bits per heavy atom. The summed E-state index contributed by atoms with van der Waals surface area (Å²) in [7, 11) is 0. The average molecular weight is 202 g/mol. The highest BCUT2D eigenvalue weighted by Crippen LogP contribution is 2.52. The number of fused-ring (bicyclic) bond motifs is 3. The number of benzene rings is 1. The quantitative estimate of drug-likeness (QED) is 0.622. The zero-order chi connectivity index (χ0) is 10.5. The highest BCUT2D eigenvalue weighted by Gasteiger charge is 2.45. The third kappa shape index (κ3) is 1.29. The van der Waals surface area contributed by atoms with Gasteiger partial charge in [0.15, 0.2) is 0 Å². The summed E-state index contributed by atoms with van der Waals surface area (Å²) in [6.45, 7) is 4.48. The van der Waals surface area contributed by atoms with Crippen LogP contribution in [0.3, 0.4) is 0 Å². The molecule has 1 nitrogen and oxygen atoms in total. The van der Waals surface area contributed by atoms with Crippen LogP contribution in [0.15, 0.2) is 24.3 Å². The van der Waals surface area contributed by atoms with E-state index < -0.39 is 0 Å². The fourth-order valence-corrected chi connectivity index (χ4v) is 3.40. The van der Waals surface area contributed by atoms with Gasteiger partial charge in [-0.15, -0.1) is 0 Å². The Morgan fingerprint density at radius 1 is 1.20 bits per heavy atom. The van der Waals surface area contributed by atoms with Gasteiger partial charge >= 0.3 is 0 Å². The van der Waals surface area contributed by atoms with Gasteiger partial charge in [-0.25, -0.2) is 0 Å². The average Bonchev–Trinajstić information content (AvgIpc) is 2.66. The summed E-state index contributed by atoms with van der Waals surface area (Å²) in [5, 5.41) is 0. The summed E-state index contributed by atoms with van der Waals surface area (Å²) >= 11 is 0. The Kier molecular flexibility index (Phi) is 1.86. The van der Waals surface area contributed by atoms with E-state index in [-0.39, 0.29) is 5.60 Å². The highest BCUT2D eigenvalue weighted by molar-refractivity contribution is 5.40. The van der Waals surface area contributed by atoms with Crippen molar-refractivity contribution in [1.82, 2.24) is 0 Å². The van der Waals surface area contributed by atoms with Crippen molar-refractivity contribution in [3.05, 3.63) is 29.8 Å². The lowest BCUT2D eigenvalue weighted by Gasteiger charge is -2.42. The van der Waals surface area contributed by atoms with E-state index in [4.69, 9.17) is 4.74 Å². The topological polar surface area (TPSA) is 9.23 Å². The van der Waals surface area contributed by atoms with Crippen LogP contribution in [0.1, 0.15) is 44.6 Å². The molecule has 80 valence electrons. The molecular weight excluding hydrogens is 184 g/mol. The van der Waals surface area contributed by atoms with Crippen LogP contribution in [0, 0.1) is 5.92 Å². The molecular formula is C14H18O. The number of rotatable bonds is 0. The van der Waals surface area contributed by atoms with Crippen molar-refractivity contribution in [3.8, 4) is 5.75 Å². The molecule has 3 rings (SSSR count). The minimum Gasteiger partial charge on any atom is -0.487 e. The van der Waals surface area contributed by atoms with E-state index in [0.717, 1.165) is 11.7 Å². The molecule has 0 saturated heterocycles. The second-order valence-corrected chi connectivity index (χ2v) is 5.39. The fourth-order valence-electron chi connectivity index (χ4n) is 3.40. The molecule has 1 aromatic rings. The van der Waals surface area contributed by atoms with Crippen molar-refractivity contribution in [2.45, 2.75) is 44.6 Å². The normalized spacial score (nSPS) is 31.6. The van der Waals surface area contributed by atoms with Gasteiger partial charge in [0.1, 0.15) is 11.4 Å². The summed E-state index contributed by atoms with van der Waals surface area (Å²) in [6, 6.07) is 8.57. The van der Waals surface area contributed by atoms with Gasteiger partial charge in [-0.3, -0.25) is 0 Å². The van der Waals surface area contributed by atoms with Gasteiger partial charge in [-0.05, 0) is 44.2 Å². The molecule has 1 aliphatic carbocycles. The molecule has 2 aliphatic rings. The predicted octanol–water partition coefficient (Wildman–Crippen LogP) is 3.74.